The first-order valence-electron chi connectivity index (χ1n) is 9.67. The van der Waals surface area contributed by atoms with Crippen LogP contribution in [0.15, 0.2) is 43.0 Å². The number of fused-ring (bicyclic) bond motifs is 1. The Morgan fingerprint density at radius 1 is 1.13 bits per heavy atom. The topological polar surface area (TPSA) is 98.7 Å². The Labute approximate surface area is 174 Å². The normalized spacial score (nSPS) is 14.4. The lowest BCUT2D eigenvalue weighted by Crippen LogP contribution is -2.39. The van der Waals surface area contributed by atoms with E-state index in [2.05, 4.69) is 25.2 Å². The first-order valence-corrected chi connectivity index (χ1v) is 9.67. The van der Waals surface area contributed by atoms with Gasteiger partial charge < -0.3 is 19.1 Å². The first kappa shape index (κ1) is 19.7. The summed E-state index contributed by atoms with van der Waals surface area (Å²) in [6.45, 7) is 1.43. The number of ether oxygens (including phenoxy) is 3. The molecular formula is C21H23N5O4. The van der Waals surface area contributed by atoms with E-state index in [0.29, 0.717) is 43.1 Å². The van der Waals surface area contributed by atoms with Crippen LogP contribution >= 0.6 is 0 Å². The molecule has 1 N–H and O–H groups in total. The molecule has 0 spiro atoms. The maximum atomic E-state index is 12.1. The Morgan fingerprint density at radius 2 is 1.90 bits per heavy atom. The highest BCUT2D eigenvalue weighted by Crippen LogP contribution is 2.35. The smallest absolute Gasteiger partial charge is 0.411 e. The summed E-state index contributed by atoms with van der Waals surface area (Å²) in [5.74, 6) is 2.09. The summed E-state index contributed by atoms with van der Waals surface area (Å²) in [6, 6.07) is 7.26. The van der Waals surface area contributed by atoms with Crippen LogP contribution in [0.25, 0.3) is 10.9 Å². The summed E-state index contributed by atoms with van der Waals surface area (Å²) in [5, 5.41) is 3.59. The molecule has 0 radical (unpaired) electrons. The summed E-state index contributed by atoms with van der Waals surface area (Å²) in [7, 11) is 3.20. The van der Waals surface area contributed by atoms with E-state index in [1.54, 1.807) is 45.1 Å². The number of benzene rings is 1. The SMILES string of the molecule is COc1cc2ncnc(N3CCC(OC(=O)Nc4cccnc4)CC3)c2cc1OC. The highest BCUT2D eigenvalue weighted by molar-refractivity contribution is 5.92. The van der Waals surface area contributed by atoms with E-state index in [9.17, 15) is 4.79 Å². The Hall–Kier alpha value is -3.62. The van der Waals surface area contributed by atoms with Gasteiger partial charge >= 0.3 is 6.09 Å². The van der Waals surface area contributed by atoms with Crippen LogP contribution < -0.4 is 19.7 Å². The minimum Gasteiger partial charge on any atom is -0.493 e. The summed E-state index contributed by atoms with van der Waals surface area (Å²) in [5.41, 5.74) is 1.39. The molecule has 0 atom stereocenters. The predicted octanol–water partition coefficient (Wildman–Crippen LogP) is 3.26. The van der Waals surface area contributed by atoms with Crippen molar-refractivity contribution in [3.8, 4) is 11.5 Å². The number of hydrogen-bond donors (Lipinski definition) is 1. The van der Waals surface area contributed by atoms with Gasteiger partial charge in [0, 0.05) is 43.6 Å². The van der Waals surface area contributed by atoms with Crippen LogP contribution in [0.5, 0.6) is 11.5 Å². The van der Waals surface area contributed by atoms with Crippen molar-refractivity contribution in [3.63, 3.8) is 0 Å². The molecule has 0 aliphatic carbocycles. The van der Waals surface area contributed by atoms with Crippen molar-refractivity contribution in [2.24, 2.45) is 0 Å². The number of nitrogens with zero attached hydrogens (tertiary/aromatic N) is 4. The lowest BCUT2D eigenvalue weighted by molar-refractivity contribution is 0.0950. The lowest BCUT2D eigenvalue weighted by Gasteiger charge is -2.33. The molecule has 0 unspecified atom stereocenters. The standard InChI is InChI=1S/C21H23N5O4/c1-28-18-10-16-17(11-19(18)29-2)23-13-24-20(16)26-8-5-15(6-9-26)30-21(27)25-14-4-3-7-22-12-14/h3-4,7,10-13,15H,5-6,8-9H2,1-2H3,(H,25,27). The molecule has 9 heteroatoms. The molecule has 1 aliphatic rings. The number of nitrogens with one attached hydrogen (secondary N) is 1. The predicted molar refractivity (Wildman–Crippen MR) is 112 cm³/mol. The van der Waals surface area contributed by atoms with Gasteiger partial charge in [0.2, 0.25) is 0 Å². The summed E-state index contributed by atoms with van der Waals surface area (Å²) >= 11 is 0. The van der Waals surface area contributed by atoms with E-state index in [0.717, 1.165) is 16.7 Å². The Kier molecular flexibility index (Phi) is 5.78. The first-order chi connectivity index (χ1) is 14.7. The molecule has 1 fully saturated rings. The van der Waals surface area contributed by atoms with Crippen molar-refractivity contribution in [1.29, 1.82) is 0 Å². The van der Waals surface area contributed by atoms with E-state index in [1.165, 1.54) is 0 Å². The fourth-order valence-corrected chi connectivity index (χ4v) is 3.54. The number of rotatable bonds is 5. The van der Waals surface area contributed by atoms with Gasteiger partial charge in [0.1, 0.15) is 18.2 Å². The molecule has 4 rings (SSSR count). The second kappa shape index (κ2) is 8.81. The second-order valence-electron chi connectivity index (χ2n) is 6.88. The van der Waals surface area contributed by atoms with Gasteiger partial charge in [0.15, 0.2) is 11.5 Å². The van der Waals surface area contributed by atoms with Crippen molar-refractivity contribution in [2.45, 2.75) is 18.9 Å². The van der Waals surface area contributed by atoms with E-state index in [-0.39, 0.29) is 6.10 Å². The van der Waals surface area contributed by atoms with E-state index < -0.39 is 6.09 Å². The molecule has 1 amide bonds. The number of carbonyl (C=O) groups is 1. The quantitative estimate of drug-likeness (QED) is 0.686. The van der Waals surface area contributed by atoms with Crippen molar-refractivity contribution in [1.82, 2.24) is 15.0 Å². The minimum atomic E-state index is -0.467. The molecular weight excluding hydrogens is 386 g/mol. The molecule has 156 valence electrons. The number of amides is 1. The Bertz CT molecular complexity index is 1020. The minimum absolute atomic E-state index is 0.152. The number of methoxy groups -OCH3 is 2. The fraction of sp³-hybridized carbons (Fsp3) is 0.333. The molecule has 30 heavy (non-hydrogen) atoms. The highest BCUT2D eigenvalue weighted by Gasteiger charge is 2.25. The third kappa shape index (κ3) is 4.19. The van der Waals surface area contributed by atoms with E-state index >= 15 is 0 Å². The number of carbonyl (C=O) groups excluding carboxylic acids is 1. The molecule has 3 aromatic rings. The van der Waals surface area contributed by atoms with Gasteiger partial charge in [-0.1, -0.05) is 0 Å². The van der Waals surface area contributed by atoms with Gasteiger partial charge in [-0.05, 0) is 18.2 Å². The van der Waals surface area contributed by atoms with Gasteiger partial charge in [-0.15, -0.1) is 0 Å². The van der Waals surface area contributed by atoms with Crippen molar-refractivity contribution >= 4 is 28.5 Å². The molecule has 0 saturated carbocycles. The number of pyridine rings is 1. The molecule has 0 bridgehead atoms. The average molecular weight is 409 g/mol. The maximum absolute atomic E-state index is 12.1. The van der Waals surface area contributed by atoms with Crippen molar-refractivity contribution in [3.05, 3.63) is 43.0 Å². The zero-order valence-electron chi connectivity index (χ0n) is 16.9. The summed E-state index contributed by atoms with van der Waals surface area (Å²) < 4.78 is 16.4. The highest BCUT2D eigenvalue weighted by atomic mass is 16.6. The van der Waals surface area contributed by atoms with Crippen LogP contribution in [0.1, 0.15) is 12.8 Å². The molecule has 9 nitrogen and oxygen atoms in total. The van der Waals surface area contributed by atoms with Gasteiger partial charge in [-0.25, -0.2) is 14.8 Å². The summed E-state index contributed by atoms with van der Waals surface area (Å²) in [6.07, 6.45) is 5.57. The monoisotopic (exact) mass is 409 g/mol. The number of hydrogen-bond acceptors (Lipinski definition) is 8. The number of piperidine rings is 1. The van der Waals surface area contributed by atoms with E-state index in [4.69, 9.17) is 14.2 Å². The zero-order chi connectivity index (χ0) is 20.9. The molecule has 2 aromatic heterocycles. The molecule has 1 aliphatic heterocycles. The number of aromatic nitrogens is 3. The van der Waals surface area contributed by atoms with Crippen LogP contribution in [0, 0.1) is 0 Å². The van der Waals surface area contributed by atoms with Crippen LogP contribution in [0.4, 0.5) is 16.3 Å². The van der Waals surface area contributed by atoms with Gasteiger partial charge in [-0.3, -0.25) is 10.3 Å². The Morgan fingerprint density at radius 3 is 2.60 bits per heavy atom. The largest absolute Gasteiger partial charge is 0.493 e. The Balaban J connectivity index is 1.42. The average Bonchev–Trinajstić information content (AvgIpc) is 2.79. The van der Waals surface area contributed by atoms with Crippen LogP contribution in [0.2, 0.25) is 0 Å². The number of anilines is 2. The fourth-order valence-electron chi connectivity index (χ4n) is 3.54. The van der Waals surface area contributed by atoms with Crippen LogP contribution in [-0.2, 0) is 4.74 Å². The lowest BCUT2D eigenvalue weighted by atomic mass is 10.1. The van der Waals surface area contributed by atoms with Crippen LogP contribution in [-0.4, -0.2) is 54.5 Å². The van der Waals surface area contributed by atoms with Gasteiger partial charge in [-0.2, -0.15) is 0 Å². The second-order valence-corrected chi connectivity index (χ2v) is 6.88. The molecule has 1 aromatic carbocycles. The van der Waals surface area contributed by atoms with Crippen molar-refractivity contribution in [2.75, 3.05) is 37.5 Å². The third-order valence-corrected chi connectivity index (χ3v) is 5.04. The maximum Gasteiger partial charge on any atom is 0.411 e. The summed E-state index contributed by atoms with van der Waals surface area (Å²) in [4.78, 5) is 27.1. The third-order valence-electron chi connectivity index (χ3n) is 5.04. The molecule has 1 saturated heterocycles. The molecule has 3 heterocycles. The van der Waals surface area contributed by atoms with Gasteiger partial charge in [0.05, 0.1) is 31.6 Å². The van der Waals surface area contributed by atoms with Crippen LogP contribution in [0.3, 0.4) is 0 Å². The van der Waals surface area contributed by atoms with Crippen molar-refractivity contribution < 1.29 is 19.0 Å². The van der Waals surface area contributed by atoms with Gasteiger partial charge in [0.25, 0.3) is 0 Å². The zero-order valence-corrected chi connectivity index (χ0v) is 16.9. The van der Waals surface area contributed by atoms with E-state index in [1.807, 2.05) is 12.1 Å².